The van der Waals surface area contributed by atoms with Crippen molar-refractivity contribution >= 4 is 109 Å². The molecule has 1 aliphatic heterocycles. The third-order valence-corrected chi connectivity index (χ3v) is 12.4. The fraction of sp³-hybridized carbons (Fsp3) is 0.122. The monoisotopic (exact) mass is 990 g/mol. The lowest BCUT2D eigenvalue weighted by Crippen LogP contribution is -2.33. The van der Waals surface area contributed by atoms with E-state index in [4.69, 9.17) is 9.47 Å². The topological polar surface area (TPSA) is 369 Å². The third-order valence-electron chi connectivity index (χ3n) is 9.56. The van der Waals surface area contributed by atoms with Crippen molar-refractivity contribution in [3.05, 3.63) is 97.1 Å². The molecule has 0 saturated carbocycles. The number of aliphatic hydroxyl groups is 2. The molecule has 68 heavy (non-hydrogen) atoms. The van der Waals surface area contributed by atoms with Crippen LogP contribution in [0, 0.1) is 0 Å². The van der Waals surface area contributed by atoms with E-state index in [-0.39, 0.29) is 74.2 Å². The molecule has 27 heteroatoms. The van der Waals surface area contributed by atoms with Crippen molar-refractivity contribution in [2.75, 3.05) is 31.4 Å². The number of aromatic hydroxyl groups is 1. The maximum atomic E-state index is 13.3. The maximum absolute atomic E-state index is 13.3. The number of nitrogens with zero attached hydrogens (tertiary/aromatic N) is 8. The predicted molar refractivity (Wildman–Crippen MR) is 243 cm³/mol. The van der Waals surface area contributed by atoms with Gasteiger partial charge in [0.2, 0.25) is 6.04 Å². The summed E-state index contributed by atoms with van der Waals surface area (Å²) >= 11 is 0. The zero-order valence-corrected chi connectivity index (χ0v) is 36.9. The Morgan fingerprint density at radius 3 is 1.91 bits per heavy atom. The maximum Gasteiger partial charge on any atom is 0.355 e. The number of hydrazone groups is 1. The summed E-state index contributed by atoms with van der Waals surface area (Å²) in [5.74, 6) is -0.598. The molecule has 2 unspecified atom stereocenters. The van der Waals surface area contributed by atoms with E-state index in [0.29, 0.717) is 10.4 Å². The number of amides is 1. The molecule has 6 aromatic carbocycles. The van der Waals surface area contributed by atoms with Crippen LogP contribution in [0.25, 0.3) is 21.5 Å². The van der Waals surface area contributed by atoms with E-state index >= 15 is 0 Å². The highest BCUT2D eigenvalue weighted by atomic mass is 32.2. The summed E-state index contributed by atoms with van der Waals surface area (Å²) in [6, 6.07) is 19.2. The van der Waals surface area contributed by atoms with E-state index in [9.17, 15) is 64.7 Å². The number of aliphatic hydroxyl groups excluding tert-OH is 2. The van der Waals surface area contributed by atoms with Gasteiger partial charge in [-0.3, -0.25) is 13.9 Å². The Morgan fingerprint density at radius 2 is 1.32 bits per heavy atom. The molecule has 0 aliphatic carbocycles. The molecule has 24 nitrogen and oxygen atoms in total. The zero-order chi connectivity index (χ0) is 49.1. The van der Waals surface area contributed by atoms with Gasteiger partial charge in [0.15, 0.2) is 11.5 Å². The Bertz CT molecular complexity index is 3490. The molecule has 0 radical (unpaired) electrons. The highest BCUT2D eigenvalue weighted by molar-refractivity contribution is 7.95. The molecule has 1 aliphatic rings. The average molecular weight is 991 g/mol. The Morgan fingerprint density at radius 1 is 0.706 bits per heavy atom. The Balaban J connectivity index is 1.24. The molecule has 0 bridgehead atoms. The van der Waals surface area contributed by atoms with Crippen LogP contribution in [0.2, 0.25) is 0 Å². The van der Waals surface area contributed by atoms with Crippen molar-refractivity contribution in [1.82, 2.24) is 0 Å². The molecule has 7 N–H and O–H groups in total. The van der Waals surface area contributed by atoms with Gasteiger partial charge < -0.3 is 34.5 Å². The number of phenols is 1. The van der Waals surface area contributed by atoms with Crippen molar-refractivity contribution in [2.24, 2.45) is 35.8 Å². The van der Waals surface area contributed by atoms with Crippen LogP contribution in [0.4, 0.5) is 34.1 Å². The minimum Gasteiger partial charge on any atom is -0.505 e. The number of benzene rings is 6. The number of carboxylic acids is 1. The quantitative estimate of drug-likeness (QED) is 0.0301. The third kappa shape index (κ3) is 10.3. The van der Waals surface area contributed by atoms with Gasteiger partial charge in [0.05, 0.1) is 29.5 Å². The molecule has 0 aromatic heterocycles. The lowest BCUT2D eigenvalue weighted by molar-refractivity contribution is -0.130. The number of fused-ring (bicyclic) bond motifs is 2. The number of carbonyl (C=O) groups excluding carboxylic acids is 1. The summed E-state index contributed by atoms with van der Waals surface area (Å²) in [4.78, 5) is 23.8. The molecule has 0 spiro atoms. The minimum absolute atomic E-state index is 0.0329. The van der Waals surface area contributed by atoms with Gasteiger partial charge in [-0.1, -0.05) is 30.3 Å². The number of carboxylic acid groups (broad SMARTS) is 1. The van der Waals surface area contributed by atoms with Crippen molar-refractivity contribution < 1.29 is 74.2 Å². The normalized spacial score (nSPS) is 15.5. The molecule has 1 amide bonds. The Labute approximate surface area is 384 Å². The Hall–Kier alpha value is -7.63. The summed E-state index contributed by atoms with van der Waals surface area (Å²) in [6.07, 6.45) is 0. The molecular formula is C41H34N8O16S3. The van der Waals surface area contributed by atoms with Gasteiger partial charge >= 0.3 is 5.97 Å². The van der Waals surface area contributed by atoms with E-state index in [1.165, 1.54) is 60.7 Å². The van der Waals surface area contributed by atoms with E-state index < -0.39 is 88.1 Å². The van der Waals surface area contributed by atoms with E-state index in [1.54, 1.807) is 24.3 Å². The van der Waals surface area contributed by atoms with Gasteiger partial charge in [-0.15, -0.1) is 20.5 Å². The number of azo groups is 3. The first-order chi connectivity index (χ1) is 32.2. The number of hydrogen-bond acceptors (Lipinski definition) is 19. The van der Waals surface area contributed by atoms with Crippen LogP contribution in [0.1, 0.15) is 0 Å². The number of carbonyl (C=O) groups is 2. The average Bonchev–Trinajstić information content (AvgIpc) is 3.63. The van der Waals surface area contributed by atoms with Crippen molar-refractivity contribution in [3.8, 4) is 17.2 Å². The summed E-state index contributed by atoms with van der Waals surface area (Å²) in [7, 11) is -13.6. The molecule has 2 atom stereocenters. The van der Waals surface area contributed by atoms with Gasteiger partial charge in [0.1, 0.15) is 67.1 Å². The summed E-state index contributed by atoms with van der Waals surface area (Å²) in [5.41, 5.74) is -2.22. The van der Waals surface area contributed by atoms with E-state index in [2.05, 4.69) is 41.7 Å². The second-order valence-corrected chi connectivity index (χ2v) is 18.6. The van der Waals surface area contributed by atoms with E-state index in [1.807, 2.05) is 0 Å². The number of aliphatic carboxylic acids is 1. The van der Waals surface area contributed by atoms with E-state index in [0.717, 1.165) is 12.1 Å². The van der Waals surface area contributed by atoms with Gasteiger partial charge in [-0.2, -0.15) is 37.2 Å². The van der Waals surface area contributed by atoms with Crippen LogP contribution in [0.5, 0.6) is 17.2 Å². The number of rotatable bonds is 17. The number of anilines is 1. The molecule has 7 rings (SSSR count). The molecule has 6 aromatic rings. The van der Waals surface area contributed by atoms with Crippen molar-refractivity contribution in [2.45, 2.75) is 20.7 Å². The van der Waals surface area contributed by atoms with Crippen LogP contribution in [0.15, 0.2) is 148 Å². The smallest absolute Gasteiger partial charge is 0.355 e. The molecule has 352 valence electrons. The predicted octanol–water partition coefficient (Wildman–Crippen LogP) is 6.25. The first-order valence-corrected chi connectivity index (χ1v) is 23.8. The second-order valence-electron chi connectivity index (χ2n) is 14.1. The number of hydrogen-bond donors (Lipinski definition) is 7. The molecule has 0 saturated heterocycles. The van der Waals surface area contributed by atoms with Gasteiger partial charge in [-0.25, -0.2) is 9.00 Å². The number of phenolic OH excluding ortho intramolecular Hbond substituents is 1. The van der Waals surface area contributed by atoms with Gasteiger partial charge in [0, 0.05) is 22.9 Å². The molecule has 0 fully saturated rings. The first-order valence-electron chi connectivity index (χ1n) is 19.2. The van der Waals surface area contributed by atoms with Gasteiger partial charge in [0.25, 0.3) is 26.1 Å². The fourth-order valence-corrected chi connectivity index (χ4v) is 8.60. The summed E-state index contributed by atoms with van der Waals surface area (Å²) in [6.45, 7) is -1.68. The highest BCUT2D eigenvalue weighted by Gasteiger charge is 2.41. The SMILES string of the molecule is C=S(=O)(O)c1ccc(N2N=C(C(=O)O)C(N=Nc3ccc4c(O)c(N=Nc5cc(OCCO)c(N=Nc6ccc7ccccc7c6S(=O)(=O)O)cc5OCCO)c(S(=O)(=O)O)cc4c3)C2=O)cc1. The first kappa shape index (κ1) is 48.3. The fourth-order valence-electron chi connectivity index (χ4n) is 6.54. The Kier molecular flexibility index (Phi) is 13.7. The van der Waals surface area contributed by atoms with Crippen LogP contribution in [-0.4, -0.2) is 111 Å². The number of ether oxygens (including phenoxy) is 2. The summed E-state index contributed by atoms with van der Waals surface area (Å²) < 4.78 is 104. The standard InChI is InChI=1S/C41H34N8O16S3/c1-66(56,57)26-10-8-25(9-11-26)49-40(53)36(37(48-49)41(54)55)47-42-24-7-12-27-23(18-24)19-34(67(58,59)60)35(38(27)52)46-45-31-21-32(64-16-14-50)30(20-33(31)65-17-15-51)44-43-29-13-6-22-4-2-3-5-28(22)39(29)68(61,62)63/h2-13,18-21,36,50-52H,1,14-17H2,(H,54,55)(H,56,57)(H,58,59,60)(H,61,62,63). The lowest BCUT2D eigenvalue weighted by atomic mass is 10.1. The minimum atomic E-state index is -5.21. The largest absolute Gasteiger partial charge is 0.505 e. The molecular weight excluding hydrogens is 957 g/mol. The zero-order valence-electron chi connectivity index (χ0n) is 34.5. The van der Waals surface area contributed by atoms with Crippen molar-refractivity contribution in [3.63, 3.8) is 0 Å². The van der Waals surface area contributed by atoms with Crippen LogP contribution >= 0.6 is 0 Å². The molecule has 1 heterocycles. The van der Waals surface area contributed by atoms with Crippen LogP contribution in [-0.2, 0) is 39.6 Å². The van der Waals surface area contributed by atoms with Crippen molar-refractivity contribution in [1.29, 1.82) is 0 Å². The van der Waals surface area contributed by atoms with Crippen LogP contribution < -0.4 is 14.5 Å². The van der Waals surface area contributed by atoms with Gasteiger partial charge in [-0.05, 0) is 71.2 Å². The lowest BCUT2D eigenvalue weighted by Gasteiger charge is -2.13. The second kappa shape index (κ2) is 19.3. The summed E-state index contributed by atoms with van der Waals surface area (Å²) in [5, 5.41) is 69.2. The van der Waals surface area contributed by atoms with Crippen LogP contribution in [0.3, 0.4) is 0 Å². The highest BCUT2D eigenvalue weighted by Crippen LogP contribution is 2.46.